The van der Waals surface area contributed by atoms with Gasteiger partial charge in [0.2, 0.25) is 0 Å². The summed E-state index contributed by atoms with van der Waals surface area (Å²) >= 11 is 0. The predicted molar refractivity (Wildman–Crippen MR) is 301 cm³/mol. The Balaban J connectivity index is 1.23. The van der Waals surface area contributed by atoms with Gasteiger partial charge >= 0.3 is 24.7 Å². The van der Waals surface area contributed by atoms with Gasteiger partial charge in [-0.05, 0) is 131 Å². The minimum atomic E-state index is -5.01. The third kappa shape index (κ3) is 7.43. The van der Waals surface area contributed by atoms with Crippen LogP contribution in [0.4, 0.5) is 52.7 Å². The highest BCUT2D eigenvalue weighted by molar-refractivity contribution is 6.17. The quantitative estimate of drug-likeness (QED) is 0.165. The van der Waals surface area contributed by atoms with E-state index in [0.717, 1.165) is 70.1 Å². The molecule has 410 valence electrons. The summed E-state index contributed by atoms with van der Waals surface area (Å²) in [7, 11) is 0. The van der Waals surface area contributed by atoms with Crippen molar-refractivity contribution in [2.75, 3.05) is 0 Å². The van der Waals surface area contributed by atoms with E-state index in [1.54, 1.807) is 12.1 Å². The number of benzene rings is 10. The summed E-state index contributed by atoms with van der Waals surface area (Å²) in [5, 5.41) is 17.2. The molecule has 15 aromatic rings. The second-order valence-corrected chi connectivity index (χ2v) is 20.7. The Morgan fingerprint density at radius 1 is 0.286 bits per heavy atom. The lowest BCUT2D eigenvalue weighted by Gasteiger charge is -2.24. The fraction of sp³-hybridized carbons (Fsp3) is 0.0606. The summed E-state index contributed by atoms with van der Waals surface area (Å²) in [5.41, 5.74) is -3.91. The molecule has 5 aromatic heterocycles. The number of rotatable bonds is 4. The molecule has 0 N–H and O–H groups in total. The number of aromatic nitrogens is 5. The van der Waals surface area contributed by atoms with Gasteiger partial charge < -0.3 is 9.13 Å². The largest absolute Gasteiger partial charge is 0.416 e. The van der Waals surface area contributed by atoms with Crippen molar-refractivity contribution in [2.24, 2.45) is 0 Å². The molecule has 10 aromatic carbocycles. The lowest BCUT2D eigenvalue weighted by molar-refractivity contribution is -0.138. The Morgan fingerprint density at radius 2 is 0.560 bits per heavy atom. The van der Waals surface area contributed by atoms with Crippen LogP contribution >= 0.6 is 0 Å². The molecule has 0 aliphatic carbocycles. The molecule has 18 heteroatoms. The molecule has 0 bridgehead atoms. The van der Waals surface area contributed by atoms with Gasteiger partial charge in [-0.1, -0.05) is 84.9 Å². The lowest BCUT2D eigenvalue weighted by atomic mass is 10.1. The summed E-state index contributed by atoms with van der Waals surface area (Å²) in [4.78, 5) is 5.63. The van der Waals surface area contributed by atoms with Crippen molar-refractivity contribution < 1.29 is 52.7 Å². The first kappa shape index (κ1) is 50.7. The third-order valence-corrected chi connectivity index (χ3v) is 16.0. The van der Waals surface area contributed by atoms with Crippen LogP contribution in [-0.2, 0) is 24.7 Å². The number of nitrogens with zero attached hydrogens (tertiary/aromatic N) is 6. The number of fused-ring (bicyclic) bond motifs is 14. The molecule has 84 heavy (non-hydrogen) atoms. The molecular formula is C66H32F12N6. The number of nitriles is 1. The van der Waals surface area contributed by atoms with Crippen molar-refractivity contribution in [3.05, 3.63) is 222 Å². The molecular weight excluding hydrogens is 1100 g/mol. The molecule has 0 unspecified atom stereocenters. The standard InChI is InChI=1S/C66H32F12N6/c67-63(68,69)38-17-21-53-46(29-38)47-30-39(64(70,71)72)18-22-54(47)81(53)59-50(33-79)60(82-51-15-7-5-13-42(51)44-25-34-9-1-3-11-36(34)27-57(44)82)62(84-52-16-8-6-14-43(52)45-26-35-10-2-4-12-37(35)28-58(45)84)80-61(59)83-55-23-19-40(65(73,74)75)31-48(55)49-32-41(66(76,77)78)20-24-56(49)83/h1-32H. The second kappa shape index (κ2) is 17.4. The minimum Gasteiger partial charge on any atom is -0.305 e. The van der Waals surface area contributed by atoms with Gasteiger partial charge in [-0.15, -0.1) is 0 Å². The molecule has 0 amide bonds. The maximum atomic E-state index is 14.8. The highest BCUT2D eigenvalue weighted by Gasteiger charge is 2.38. The van der Waals surface area contributed by atoms with E-state index >= 15 is 0 Å². The molecule has 15 rings (SSSR count). The molecule has 0 aliphatic heterocycles. The first-order valence-electron chi connectivity index (χ1n) is 25.9. The van der Waals surface area contributed by atoms with E-state index in [9.17, 15) is 57.9 Å². The van der Waals surface area contributed by atoms with Crippen LogP contribution in [0.2, 0.25) is 0 Å². The van der Waals surface area contributed by atoms with E-state index in [1.807, 2.05) is 118 Å². The molecule has 0 fully saturated rings. The Labute approximate surface area is 464 Å². The minimum absolute atomic E-state index is 0.00380. The maximum Gasteiger partial charge on any atom is 0.416 e. The summed E-state index contributed by atoms with van der Waals surface area (Å²) in [6.45, 7) is 0. The number of alkyl halides is 12. The normalized spacial score (nSPS) is 13.0. The average molecular weight is 1140 g/mol. The monoisotopic (exact) mass is 1140 g/mol. The van der Waals surface area contributed by atoms with Gasteiger partial charge in [0.25, 0.3) is 0 Å². The van der Waals surface area contributed by atoms with E-state index in [-0.39, 0.29) is 72.2 Å². The van der Waals surface area contributed by atoms with Gasteiger partial charge in [0, 0.05) is 43.1 Å². The van der Waals surface area contributed by atoms with Gasteiger partial charge in [-0.25, -0.2) is 4.98 Å². The molecule has 6 nitrogen and oxygen atoms in total. The third-order valence-electron chi connectivity index (χ3n) is 16.0. The molecule has 5 heterocycles. The van der Waals surface area contributed by atoms with Crippen LogP contribution in [0, 0.1) is 11.3 Å². The van der Waals surface area contributed by atoms with Crippen molar-refractivity contribution in [3.8, 4) is 29.1 Å². The van der Waals surface area contributed by atoms with E-state index in [0.29, 0.717) is 67.9 Å². The van der Waals surface area contributed by atoms with E-state index in [1.165, 1.54) is 9.13 Å². The van der Waals surface area contributed by atoms with Gasteiger partial charge in [0.05, 0.1) is 66.4 Å². The van der Waals surface area contributed by atoms with Gasteiger partial charge in [0.1, 0.15) is 23.0 Å². The van der Waals surface area contributed by atoms with Gasteiger partial charge in [0.15, 0.2) is 11.6 Å². The number of halogens is 12. The predicted octanol–water partition coefficient (Wildman–Crippen LogP) is 19.7. The average Bonchev–Trinajstić information content (AvgIpc) is 2.00. The van der Waals surface area contributed by atoms with Gasteiger partial charge in [-0.3, -0.25) is 9.13 Å². The first-order valence-corrected chi connectivity index (χ1v) is 25.9. The molecule has 0 atom stereocenters. The number of pyridine rings is 1. The summed E-state index contributed by atoms with van der Waals surface area (Å²) in [6.07, 6.45) is -20.0. The lowest BCUT2D eigenvalue weighted by Crippen LogP contribution is -2.16. The van der Waals surface area contributed by atoms with Crippen molar-refractivity contribution in [2.45, 2.75) is 24.7 Å². The van der Waals surface area contributed by atoms with E-state index < -0.39 is 47.0 Å². The number of hydrogen-bond acceptors (Lipinski definition) is 2. The molecule has 0 saturated carbocycles. The van der Waals surface area contributed by atoms with Gasteiger partial charge in [-0.2, -0.15) is 57.9 Å². The Morgan fingerprint density at radius 3 is 0.929 bits per heavy atom. The summed E-state index contributed by atoms with van der Waals surface area (Å²) in [6, 6.07) is 50.0. The number of hydrogen-bond donors (Lipinski definition) is 0. The Kier molecular flexibility index (Phi) is 10.5. The van der Waals surface area contributed by atoms with Crippen LogP contribution < -0.4 is 0 Å². The SMILES string of the molecule is N#Cc1c(-n2c3ccc(C(F)(F)F)cc3c3cc(C(F)(F)F)ccc32)c(-n2c3ccc(C(F)(F)F)cc3c3cc(C(F)(F)F)ccc32)nc(-n2c3ccccc3c3cc4ccccc4cc32)c1-n1c2ccccc2c2cc3ccccc3cc21. The zero-order chi connectivity index (χ0) is 58.1. The van der Waals surface area contributed by atoms with Crippen LogP contribution in [0.3, 0.4) is 0 Å². The Hall–Kier alpha value is -10.3. The van der Waals surface area contributed by atoms with Crippen molar-refractivity contribution in [1.29, 1.82) is 5.26 Å². The number of para-hydroxylation sites is 2. The van der Waals surface area contributed by atoms with Crippen molar-refractivity contribution in [1.82, 2.24) is 23.3 Å². The van der Waals surface area contributed by atoms with E-state index in [4.69, 9.17) is 4.98 Å². The Bertz CT molecular complexity index is 5270. The zero-order valence-corrected chi connectivity index (χ0v) is 42.7. The van der Waals surface area contributed by atoms with Crippen LogP contribution in [0.15, 0.2) is 194 Å². The summed E-state index contributed by atoms with van der Waals surface area (Å²) < 4.78 is 184. The van der Waals surface area contributed by atoms with Crippen LogP contribution in [0.5, 0.6) is 0 Å². The van der Waals surface area contributed by atoms with Crippen LogP contribution in [0.1, 0.15) is 27.8 Å². The first-order chi connectivity index (χ1) is 40.2. The van der Waals surface area contributed by atoms with E-state index in [2.05, 4.69) is 6.07 Å². The fourth-order valence-electron chi connectivity index (χ4n) is 12.4. The molecule has 0 saturated heterocycles. The summed E-state index contributed by atoms with van der Waals surface area (Å²) in [5.74, 6) is -0.350. The highest BCUT2D eigenvalue weighted by atomic mass is 19.4. The molecule has 0 radical (unpaired) electrons. The topological polar surface area (TPSA) is 56.4 Å². The van der Waals surface area contributed by atoms with Crippen LogP contribution in [-0.4, -0.2) is 23.3 Å². The van der Waals surface area contributed by atoms with Crippen LogP contribution in [0.25, 0.3) is 132 Å². The maximum absolute atomic E-state index is 14.8. The van der Waals surface area contributed by atoms with Crippen molar-refractivity contribution in [3.63, 3.8) is 0 Å². The highest BCUT2D eigenvalue weighted by Crippen LogP contribution is 2.49. The molecule has 0 aliphatic rings. The zero-order valence-electron chi connectivity index (χ0n) is 42.7. The fourth-order valence-corrected chi connectivity index (χ4v) is 12.4. The second-order valence-electron chi connectivity index (χ2n) is 20.7. The molecule has 0 spiro atoms. The smallest absolute Gasteiger partial charge is 0.305 e. The van der Waals surface area contributed by atoms with Crippen molar-refractivity contribution >= 4 is 109 Å².